The van der Waals surface area contributed by atoms with E-state index in [4.69, 9.17) is 11.1 Å². The lowest BCUT2D eigenvalue weighted by Crippen LogP contribution is -2.50. The second-order valence-corrected chi connectivity index (χ2v) is 8.92. The zero-order chi connectivity index (χ0) is 22.9. The maximum atomic E-state index is 12.7. The minimum Gasteiger partial charge on any atom is -0.389 e. The number of hydrogen-bond donors (Lipinski definition) is 4. The third-order valence-corrected chi connectivity index (χ3v) is 5.80. The molecular weight excluding hydrogens is 406 g/mol. The van der Waals surface area contributed by atoms with E-state index >= 15 is 0 Å². The van der Waals surface area contributed by atoms with Gasteiger partial charge in [-0.3, -0.25) is 10.2 Å². The van der Waals surface area contributed by atoms with Crippen molar-refractivity contribution in [1.82, 2.24) is 24.8 Å². The minimum atomic E-state index is -0.915. The van der Waals surface area contributed by atoms with Crippen LogP contribution in [0.25, 0.3) is 11.1 Å². The molecule has 9 heteroatoms. The number of carbonyl (C=O) groups is 1. The van der Waals surface area contributed by atoms with Crippen LogP contribution in [0.5, 0.6) is 0 Å². The van der Waals surface area contributed by atoms with Crippen molar-refractivity contribution in [1.29, 1.82) is 5.41 Å². The highest BCUT2D eigenvalue weighted by molar-refractivity contribution is 6.08. The first-order valence-electron chi connectivity index (χ1n) is 10.5. The quantitative estimate of drug-likeness (QED) is 0.347. The van der Waals surface area contributed by atoms with Crippen molar-refractivity contribution in [3.05, 3.63) is 60.4 Å². The van der Waals surface area contributed by atoms with Gasteiger partial charge in [0.15, 0.2) is 0 Å². The number of hydrogen-bond acceptors (Lipinski definition) is 7. The SMILES string of the molecule is CC(C)(O)Cn1cnc(C(=O)NC(=N)C2(c3ccc(-c4cnc(N)nc4)cc3)CCC2)c1. The summed E-state index contributed by atoms with van der Waals surface area (Å²) >= 11 is 0. The maximum Gasteiger partial charge on any atom is 0.276 e. The molecule has 4 rings (SSSR count). The summed E-state index contributed by atoms with van der Waals surface area (Å²) in [5.74, 6) is -0.0198. The van der Waals surface area contributed by atoms with E-state index in [0.717, 1.165) is 36.0 Å². The third kappa shape index (κ3) is 4.38. The van der Waals surface area contributed by atoms with Crippen LogP contribution in [0.1, 0.15) is 49.2 Å². The van der Waals surface area contributed by atoms with Gasteiger partial charge in [0.05, 0.1) is 23.9 Å². The molecule has 166 valence electrons. The molecule has 0 spiro atoms. The fourth-order valence-electron chi connectivity index (χ4n) is 3.99. The second kappa shape index (κ2) is 8.16. The Kier molecular flexibility index (Phi) is 5.52. The van der Waals surface area contributed by atoms with E-state index in [1.54, 1.807) is 37.0 Å². The number of imidazole rings is 1. The van der Waals surface area contributed by atoms with Crippen LogP contribution in [0, 0.1) is 5.41 Å². The molecule has 0 atom stereocenters. The van der Waals surface area contributed by atoms with Crippen molar-refractivity contribution >= 4 is 17.7 Å². The number of nitrogen functional groups attached to an aromatic ring is 1. The number of benzene rings is 1. The summed E-state index contributed by atoms with van der Waals surface area (Å²) in [7, 11) is 0. The molecular formula is C23H27N7O2. The Morgan fingerprint density at radius 1 is 1.19 bits per heavy atom. The Morgan fingerprint density at radius 2 is 1.84 bits per heavy atom. The summed E-state index contributed by atoms with van der Waals surface area (Å²) in [6.45, 7) is 3.70. The van der Waals surface area contributed by atoms with E-state index in [0.29, 0.717) is 6.54 Å². The summed E-state index contributed by atoms with van der Waals surface area (Å²) in [6, 6.07) is 7.92. The van der Waals surface area contributed by atoms with Gasteiger partial charge >= 0.3 is 0 Å². The normalized spacial score (nSPS) is 15.1. The average Bonchev–Trinajstić information content (AvgIpc) is 3.15. The predicted molar refractivity (Wildman–Crippen MR) is 121 cm³/mol. The van der Waals surface area contributed by atoms with Crippen molar-refractivity contribution in [3.8, 4) is 11.1 Å². The molecule has 3 aromatic rings. The number of aromatic nitrogens is 4. The minimum absolute atomic E-state index is 0.175. The zero-order valence-corrected chi connectivity index (χ0v) is 18.2. The van der Waals surface area contributed by atoms with E-state index in [2.05, 4.69) is 20.3 Å². The van der Waals surface area contributed by atoms with Crippen LogP contribution < -0.4 is 11.1 Å². The molecule has 1 amide bonds. The van der Waals surface area contributed by atoms with Crippen LogP contribution in [0.3, 0.4) is 0 Å². The van der Waals surface area contributed by atoms with Gasteiger partial charge in [-0.25, -0.2) is 15.0 Å². The molecule has 1 aromatic carbocycles. The topological polar surface area (TPSA) is 143 Å². The van der Waals surface area contributed by atoms with Crippen molar-refractivity contribution in [2.24, 2.45) is 0 Å². The number of anilines is 1. The van der Waals surface area contributed by atoms with Crippen molar-refractivity contribution in [2.45, 2.75) is 50.7 Å². The third-order valence-electron chi connectivity index (χ3n) is 5.80. The van der Waals surface area contributed by atoms with Crippen LogP contribution in [0.4, 0.5) is 5.95 Å². The first-order chi connectivity index (χ1) is 15.2. The Labute approximate surface area is 186 Å². The lowest BCUT2D eigenvalue weighted by molar-refractivity contribution is 0.0614. The summed E-state index contributed by atoms with van der Waals surface area (Å²) in [5.41, 5.74) is 7.15. The predicted octanol–water partition coefficient (Wildman–Crippen LogP) is 2.52. The number of amidine groups is 1. The smallest absolute Gasteiger partial charge is 0.276 e. The highest BCUT2D eigenvalue weighted by Crippen LogP contribution is 2.44. The lowest BCUT2D eigenvalue weighted by Gasteiger charge is -2.42. The first kappa shape index (κ1) is 21.6. The van der Waals surface area contributed by atoms with E-state index in [1.807, 2.05) is 24.3 Å². The van der Waals surface area contributed by atoms with Crippen LogP contribution in [0.15, 0.2) is 49.2 Å². The summed E-state index contributed by atoms with van der Waals surface area (Å²) in [5, 5.41) is 21.3. The van der Waals surface area contributed by atoms with Crippen LogP contribution >= 0.6 is 0 Å². The van der Waals surface area contributed by atoms with E-state index in [-0.39, 0.29) is 17.5 Å². The molecule has 1 fully saturated rings. The number of nitrogens with one attached hydrogen (secondary N) is 2. The van der Waals surface area contributed by atoms with Gasteiger partial charge in [-0.2, -0.15) is 0 Å². The average molecular weight is 434 g/mol. The van der Waals surface area contributed by atoms with Crippen molar-refractivity contribution in [2.75, 3.05) is 5.73 Å². The Hall–Kier alpha value is -3.59. The molecule has 32 heavy (non-hydrogen) atoms. The monoisotopic (exact) mass is 433 g/mol. The fourth-order valence-corrected chi connectivity index (χ4v) is 3.99. The van der Waals surface area contributed by atoms with E-state index in [1.165, 1.54) is 6.33 Å². The van der Waals surface area contributed by atoms with Crippen LogP contribution in [0.2, 0.25) is 0 Å². The van der Waals surface area contributed by atoms with Crippen LogP contribution in [-0.2, 0) is 12.0 Å². The van der Waals surface area contributed by atoms with Gasteiger partial charge in [0.1, 0.15) is 11.5 Å². The van der Waals surface area contributed by atoms with Crippen molar-refractivity contribution < 1.29 is 9.90 Å². The molecule has 0 bridgehead atoms. The Balaban J connectivity index is 1.48. The highest BCUT2D eigenvalue weighted by atomic mass is 16.3. The summed E-state index contributed by atoms with van der Waals surface area (Å²) < 4.78 is 1.66. The first-order valence-corrected chi connectivity index (χ1v) is 10.5. The van der Waals surface area contributed by atoms with Gasteiger partial charge in [0, 0.05) is 24.2 Å². The number of carbonyl (C=O) groups excluding carboxylic acids is 1. The molecule has 0 aliphatic heterocycles. The van der Waals surface area contributed by atoms with Crippen LogP contribution in [-0.4, -0.2) is 42.0 Å². The van der Waals surface area contributed by atoms with Crippen molar-refractivity contribution in [3.63, 3.8) is 0 Å². The maximum absolute atomic E-state index is 12.7. The Bertz CT molecular complexity index is 1120. The molecule has 5 N–H and O–H groups in total. The lowest BCUT2D eigenvalue weighted by atomic mass is 9.63. The highest BCUT2D eigenvalue weighted by Gasteiger charge is 2.43. The molecule has 2 aromatic heterocycles. The standard InChI is InChI=1S/C23H27N7O2/c1-22(2,32)13-30-12-18(28-14-30)19(31)29-20(24)23(8-3-9-23)17-6-4-15(5-7-17)16-10-26-21(25)27-11-16/h4-7,10-12,14,32H,3,8-9,13H2,1-2H3,(H2,24,29,31)(H2,25,26,27). The van der Waals surface area contributed by atoms with Gasteiger partial charge < -0.3 is 20.7 Å². The van der Waals surface area contributed by atoms with E-state index < -0.39 is 16.9 Å². The number of aliphatic hydroxyl groups is 1. The summed E-state index contributed by atoms with van der Waals surface area (Å²) in [4.78, 5) is 24.9. The largest absolute Gasteiger partial charge is 0.389 e. The molecule has 0 saturated heterocycles. The number of nitrogens with zero attached hydrogens (tertiary/aromatic N) is 4. The van der Waals surface area contributed by atoms with Gasteiger partial charge in [-0.05, 0) is 37.8 Å². The molecule has 2 heterocycles. The molecule has 0 unspecified atom stereocenters. The molecule has 1 saturated carbocycles. The van der Waals surface area contributed by atoms with Gasteiger partial charge in [-0.15, -0.1) is 0 Å². The molecule has 0 radical (unpaired) electrons. The number of nitrogens with two attached hydrogens (primary N) is 1. The van der Waals surface area contributed by atoms with Gasteiger partial charge in [0.25, 0.3) is 5.91 Å². The number of amides is 1. The molecule has 9 nitrogen and oxygen atoms in total. The number of rotatable bonds is 6. The van der Waals surface area contributed by atoms with E-state index in [9.17, 15) is 9.90 Å². The fraction of sp³-hybridized carbons (Fsp3) is 0.348. The van der Waals surface area contributed by atoms with Gasteiger partial charge in [0.2, 0.25) is 5.95 Å². The second-order valence-electron chi connectivity index (χ2n) is 8.92. The van der Waals surface area contributed by atoms with Gasteiger partial charge in [-0.1, -0.05) is 30.7 Å². The zero-order valence-electron chi connectivity index (χ0n) is 18.2. The summed E-state index contributed by atoms with van der Waals surface area (Å²) in [6.07, 6.45) is 9.03. The molecule has 1 aliphatic rings. The Morgan fingerprint density at radius 3 is 2.41 bits per heavy atom. The molecule has 1 aliphatic carbocycles.